The molecule has 12 heteroatoms. The average Bonchev–Trinajstić information content (AvgIpc) is 3.19. The number of carbonyl (C=O) groups is 1. The Kier molecular flexibility index (Phi) is 7.36. The van der Waals surface area contributed by atoms with Crippen molar-refractivity contribution in [3.63, 3.8) is 0 Å². The number of aliphatic hydroxyl groups excluding tert-OH is 1. The third-order valence-electron chi connectivity index (χ3n) is 4.97. The number of H-pyrrole nitrogens is 1. The first-order valence-corrected chi connectivity index (χ1v) is 9.84. The van der Waals surface area contributed by atoms with E-state index in [2.05, 4.69) is 20.0 Å². The molecule has 32 heavy (non-hydrogen) atoms. The third kappa shape index (κ3) is 5.98. The minimum absolute atomic E-state index is 0.0177. The van der Waals surface area contributed by atoms with Crippen molar-refractivity contribution in [3.05, 3.63) is 51.9 Å². The van der Waals surface area contributed by atoms with Crippen molar-refractivity contribution < 1.29 is 32.5 Å². The van der Waals surface area contributed by atoms with Gasteiger partial charge in [0.25, 0.3) is 11.5 Å². The molecule has 1 saturated heterocycles. The third-order valence-corrected chi connectivity index (χ3v) is 4.97. The van der Waals surface area contributed by atoms with Gasteiger partial charge in [0.1, 0.15) is 11.4 Å². The van der Waals surface area contributed by atoms with Gasteiger partial charge in [-0.05, 0) is 30.5 Å². The molecule has 0 radical (unpaired) electrons. The van der Waals surface area contributed by atoms with Crippen molar-refractivity contribution >= 4 is 11.9 Å². The van der Waals surface area contributed by atoms with E-state index in [1.165, 1.54) is 12.1 Å². The van der Waals surface area contributed by atoms with E-state index < -0.39 is 36.2 Å². The monoisotopic (exact) mass is 456 g/mol. The lowest BCUT2D eigenvalue weighted by Gasteiger charge is -2.24. The van der Waals surface area contributed by atoms with E-state index in [1.54, 1.807) is 7.11 Å². The molecule has 1 amide bonds. The van der Waals surface area contributed by atoms with Gasteiger partial charge in [-0.2, -0.15) is 0 Å². The van der Waals surface area contributed by atoms with Crippen LogP contribution < -0.4 is 20.5 Å². The molecular formula is C20H23F3N4O5. The first kappa shape index (κ1) is 23.5. The predicted molar refractivity (Wildman–Crippen MR) is 108 cm³/mol. The normalized spacial score (nSPS) is 17.3. The maximum Gasteiger partial charge on any atom is 0.573 e. The van der Waals surface area contributed by atoms with Crippen molar-refractivity contribution in [2.45, 2.75) is 31.3 Å². The summed E-state index contributed by atoms with van der Waals surface area (Å²) in [4.78, 5) is 33.6. The second kappa shape index (κ2) is 10.0. The fraction of sp³-hybridized carbons (Fsp3) is 0.450. The van der Waals surface area contributed by atoms with Crippen LogP contribution in [0, 0.1) is 0 Å². The number of benzene rings is 1. The Balaban J connectivity index is 1.75. The van der Waals surface area contributed by atoms with Crippen LogP contribution in [0.5, 0.6) is 5.75 Å². The van der Waals surface area contributed by atoms with Crippen molar-refractivity contribution in [2.24, 2.45) is 0 Å². The van der Waals surface area contributed by atoms with E-state index in [0.717, 1.165) is 31.0 Å². The van der Waals surface area contributed by atoms with Gasteiger partial charge < -0.3 is 24.8 Å². The van der Waals surface area contributed by atoms with Gasteiger partial charge in [-0.1, -0.05) is 12.1 Å². The molecule has 3 rings (SSSR count). The number of aromatic amines is 1. The van der Waals surface area contributed by atoms with Crippen LogP contribution in [0.4, 0.5) is 19.1 Å². The Labute approximate surface area is 181 Å². The van der Waals surface area contributed by atoms with E-state index >= 15 is 0 Å². The van der Waals surface area contributed by atoms with Gasteiger partial charge in [0.05, 0.1) is 25.3 Å². The first-order chi connectivity index (χ1) is 15.2. The Morgan fingerprint density at radius 3 is 2.72 bits per heavy atom. The van der Waals surface area contributed by atoms with Crippen molar-refractivity contribution in [1.29, 1.82) is 0 Å². The van der Waals surface area contributed by atoms with Crippen LogP contribution in [0.25, 0.3) is 0 Å². The van der Waals surface area contributed by atoms with Crippen molar-refractivity contribution in [3.8, 4) is 5.75 Å². The zero-order chi connectivity index (χ0) is 23.3. The summed E-state index contributed by atoms with van der Waals surface area (Å²) < 4.78 is 45.9. The van der Waals surface area contributed by atoms with Crippen molar-refractivity contribution in [2.75, 3.05) is 31.8 Å². The number of carbonyl (C=O) groups excluding carboxylic acids is 1. The lowest BCUT2D eigenvalue weighted by molar-refractivity contribution is -0.274. The summed E-state index contributed by atoms with van der Waals surface area (Å²) in [7, 11) is 1.58. The highest BCUT2D eigenvalue weighted by molar-refractivity contribution is 5.92. The molecule has 2 atom stereocenters. The number of anilines is 1. The number of nitrogens with one attached hydrogen (secondary N) is 2. The minimum Gasteiger partial charge on any atom is -0.406 e. The summed E-state index contributed by atoms with van der Waals surface area (Å²) in [5.74, 6) is -0.896. The van der Waals surface area contributed by atoms with E-state index in [4.69, 9.17) is 4.74 Å². The van der Waals surface area contributed by atoms with Crippen LogP contribution in [0.1, 0.15) is 34.9 Å². The number of hydrogen-bond donors (Lipinski definition) is 3. The molecule has 0 saturated carbocycles. The van der Waals surface area contributed by atoms with E-state index in [0.29, 0.717) is 18.7 Å². The number of alkyl halides is 3. The van der Waals surface area contributed by atoms with Crippen LogP contribution in [-0.4, -0.2) is 60.3 Å². The van der Waals surface area contributed by atoms with Crippen LogP contribution in [0.3, 0.4) is 0 Å². The molecule has 1 aromatic carbocycles. The van der Waals surface area contributed by atoms with Crippen LogP contribution in [0.2, 0.25) is 0 Å². The molecule has 0 spiro atoms. The van der Waals surface area contributed by atoms with Gasteiger partial charge in [-0.3, -0.25) is 14.6 Å². The molecule has 0 bridgehead atoms. The standard InChI is InChI=1S/C20H23F3N4O5/c1-31-11-13-3-2-8-27(13)19-25-15(9-17(29)26-19)18(30)24-16(10-28)12-4-6-14(7-5-12)32-20(21,22)23/h4-7,9,13,16,28H,2-3,8,10-11H2,1H3,(H,24,30)(H,25,26,29). The van der Waals surface area contributed by atoms with Crippen molar-refractivity contribution in [1.82, 2.24) is 15.3 Å². The zero-order valence-corrected chi connectivity index (χ0v) is 17.2. The summed E-state index contributed by atoms with van der Waals surface area (Å²) in [6, 6.07) is 4.85. The largest absolute Gasteiger partial charge is 0.573 e. The van der Waals surface area contributed by atoms with Crippen LogP contribution in [-0.2, 0) is 4.74 Å². The smallest absolute Gasteiger partial charge is 0.406 e. The van der Waals surface area contributed by atoms with Gasteiger partial charge in [0.2, 0.25) is 5.95 Å². The average molecular weight is 456 g/mol. The zero-order valence-electron chi connectivity index (χ0n) is 17.2. The number of methoxy groups -OCH3 is 1. The summed E-state index contributed by atoms with van der Waals surface area (Å²) in [6.45, 7) is 0.567. The van der Waals surface area contributed by atoms with Gasteiger partial charge in [-0.25, -0.2) is 4.98 Å². The number of ether oxygens (including phenoxy) is 2. The summed E-state index contributed by atoms with van der Waals surface area (Å²) in [5, 5.41) is 12.2. The van der Waals surface area contributed by atoms with E-state index in [-0.39, 0.29) is 17.7 Å². The molecule has 3 N–H and O–H groups in total. The highest BCUT2D eigenvalue weighted by atomic mass is 19.4. The fourth-order valence-electron chi connectivity index (χ4n) is 3.55. The van der Waals surface area contributed by atoms with Gasteiger partial charge >= 0.3 is 6.36 Å². The number of amides is 1. The lowest BCUT2D eigenvalue weighted by Crippen LogP contribution is -2.37. The number of nitrogens with zero attached hydrogens (tertiary/aromatic N) is 2. The number of aliphatic hydroxyl groups is 1. The molecule has 1 fully saturated rings. The topological polar surface area (TPSA) is 117 Å². The molecule has 0 aliphatic carbocycles. The molecule has 1 aliphatic heterocycles. The van der Waals surface area contributed by atoms with E-state index in [1.807, 2.05) is 4.90 Å². The quantitative estimate of drug-likeness (QED) is 0.554. The van der Waals surface area contributed by atoms with Gasteiger partial charge in [-0.15, -0.1) is 13.2 Å². The first-order valence-electron chi connectivity index (χ1n) is 9.84. The summed E-state index contributed by atoms with van der Waals surface area (Å²) in [6.07, 6.45) is -3.09. The Morgan fingerprint density at radius 1 is 1.38 bits per heavy atom. The molecule has 2 unspecified atom stereocenters. The summed E-state index contributed by atoms with van der Waals surface area (Å²) in [5.41, 5.74) is -0.320. The number of halogens is 3. The van der Waals surface area contributed by atoms with Gasteiger partial charge in [0, 0.05) is 19.7 Å². The summed E-state index contributed by atoms with van der Waals surface area (Å²) >= 11 is 0. The highest BCUT2D eigenvalue weighted by Crippen LogP contribution is 2.25. The number of hydrogen-bond acceptors (Lipinski definition) is 7. The fourth-order valence-corrected chi connectivity index (χ4v) is 3.55. The SMILES string of the molecule is COCC1CCCN1c1nc(C(=O)NC(CO)c2ccc(OC(F)(F)F)cc2)cc(=O)[nH]1. The lowest BCUT2D eigenvalue weighted by atomic mass is 10.1. The number of rotatable bonds is 8. The van der Waals surface area contributed by atoms with Gasteiger partial charge in [0.15, 0.2) is 0 Å². The Bertz CT molecular complexity index is 980. The predicted octanol–water partition coefficient (Wildman–Crippen LogP) is 1.75. The Morgan fingerprint density at radius 2 is 2.09 bits per heavy atom. The molecule has 1 aromatic heterocycles. The molecule has 2 aromatic rings. The molecule has 9 nitrogen and oxygen atoms in total. The van der Waals surface area contributed by atoms with Crippen LogP contribution >= 0.6 is 0 Å². The molecule has 2 heterocycles. The molecule has 174 valence electrons. The van der Waals surface area contributed by atoms with Crippen LogP contribution in [0.15, 0.2) is 35.1 Å². The second-order valence-corrected chi connectivity index (χ2v) is 7.22. The van der Waals surface area contributed by atoms with E-state index in [9.17, 15) is 27.9 Å². The minimum atomic E-state index is -4.83. The second-order valence-electron chi connectivity index (χ2n) is 7.22. The number of aromatic nitrogens is 2. The maximum absolute atomic E-state index is 12.7. The Hall–Kier alpha value is -3.12. The molecule has 1 aliphatic rings. The molecular weight excluding hydrogens is 433 g/mol. The maximum atomic E-state index is 12.7. The highest BCUT2D eigenvalue weighted by Gasteiger charge is 2.31.